The largest absolute Gasteiger partial charge is 0.496 e. The zero-order valence-corrected chi connectivity index (χ0v) is 16.7. The SMILES string of the molecule is COc1ccc(Cl)cc1-c1c(Cc2ccc(C(F)(F)F)cc2)n[nH]c(=O)c1Br. The number of halogens is 5. The second-order valence-corrected chi connectivity index (χ2v) is 7.13. The van der Waals surface area contributed by atoms with Gasteiger partial charge in [-0.15, -0.1) is 0 Å². The van der Waals surface area contributed by atoms with Gasteiger partial charge in [-0.25, -0.2) is 5.10 Å². The molecule has 3 rings (SSSR count). The maximum absolute atomic E-state index is 12.8. The fourth-order valence-corrected chi connectivity index (χ4v) is 3.45. The van der Waals surface area contributed by atoms with Gasteiger partial charge in [0.1, 0.15) is 5.75 Å². The molecule has 146 valence electrons. The molecule has 0 aliphatic carbocycles. The van der Waals surface area contributed by atoms with E-state index in [2.05, 4.69) is 26.1 Å². The van der Waals surface area contributed by atoms with Crippen molar-refractivity contribution in [2.75, 3.05) is 7.11 Å². The summed E-state index contributed by atoms with van der Waals surface area (Å²) in [5, 5.41) is 6.91. The summed E-state index contributed by atoms with van der Waals surface area (Å²) in [6.45, 7) is 0. The quantitative estimate of drug-likeness (QED) is 0.547. The molecule has 0 radical (unpaired) electrons. The predicted molar refractivity (Wildman–Crippen MR) is 104 cm³/mol. The highest BCUT2D eigenvalue weighted by atomic mass is 79.9. The Hall–Kier alpha value is -2.32. The summed E-state index contributed by atoms with van der Waals surface area (Å²) >= 11 is 9.38. The van der Waals surface area contributed by atoms with Crippen molar-refractivity contribution in [2.24, 2.45) is 0 Å². The predicted octanol–water partition coefficient (Wildman–Crippen LogP) is 5.47. The zero-order valence-electron chi connectivity index (χ0n) is 14.4. The molecule has 0 saturated carbocycles. The lowest BCUT2D eigenvalue weighted by molar-refractivity contribution is -0.137. The van der Waals surface area contributed by atoms with Gasteiger partial charge < -0.3 is 4.74 Å². The number of alkyl halides is 3. The Bertz CT molecular complexity index is 1070. The number of hydrogen-bond acceptors (Lipinski definition) is 3. The molecule has 4 nitrogen and oxygen atoms in total. The molecule has 0 amide bonds. The highest BCUT2D eigenvalue weighted by Gasteiger charge is 2.30. The van der Waals surface area contributed by atoms with Crippen LogP contribution in [0.1, 0.15) is 16.8 Å². The van der Waals surface area contributed by atoms with Crippen molar-refractivity contribution in [2.45, 2.75) is 12.6 Å². The van der Waals surface area contributed by atoms with Crippen molar-refractivity contribution in [1.29, 1.82) is 0 Å². The highest BCUT2D eigenvalue weighted by molar-refractivity contribution is 9.10. The Balaban J connectivity index is 2.10. The molecule has 9 heteroatoms. The van der Waals surface area contributed by atoms with Gasteiger partial charge >= 0.3 is 6.18 Å². The third kappa shape index (κ3) is 4.23. The van der Waals surface area contributed by atoms with Crippen LogP contribution in [0.4, 0.5) is 13.2 Å². The third-order valence-electron chi connectivity index (χ3n) is 4.08. The summed E-state index contributed by atoms with van der Waals surface area (Å²) in [5.74, 6) is 0.478. The zero-order chi connectivity index (χ0) is 20.5. The summed E-state index contributed by atoms with van der Waals surface area (Å²) in [6.07, 6.45) is -4.21. The molecule has 1 N–H and O–H groups in total. The first-order valence-corrected chi connectivity index (χ1v) is 9.15. The van der Waals surface area contributed by atoms with E-state index < -0.39 is 17.3 Å². The molecule has 0 aliphatic heterocycles. The first-order valence-electron chi connectivity index (χ1n) is 7.98. The van der Waals surface area contributed by atoms with Gasteiger partial charge in [0.2, 0.25) is 0 Å². The van der Waals surface area contributed by atoms with E-state index in [-0.39, 0.29) is 10.9 Å². The van der Waals surface area contributed by atoms with Crippen LogP contribution in [0.2, 0.25) is 5.02 Å². The van der Waals surface area contributed by atoms with Crippen molar-refractivity contribution in [3.05, 3.63) is 79.1 Å². The monoisotopic (exact) mass is 472 g/mol. The summed E-state index contributed by atoms with van der Waals surface area (Å²) < 4.78 is 43.9. The number of H-pyrrole nitrogens is 1. The number of aromatic nitrogens is 2. The van der Waals surface area contributed by atoms with Crippen LogP contribution in [0.3, 0.4) is 0 Å². The van der Waals surface area contributed by atoms with Crippen LogP contribution in [0.25, 0.3) is 11.1 Å². The molecule has 0 bridgehead atoms. The molecule has 0 saturated heterocycles. The van der Waals surface area contributed by atoms with Crippen LogP contribution >= 0.6 is 27.5 Å². The van der Waals surface area contributed by atoms with Crippen LogP contribution in [0.15, 0.2) is 51.7 Å². The Morgan fingerprint density at radius 2 is 1.86 bits per heavy atom. The molecule has 1 heterocycles. The fraction of sp³-hybridized carbons (Fsp3) is 0.158. The van der Waals surface area contributed by atoms with Crippen molar-refractivity contribution in [1.82, 2.24) is 10.2 Å². The van der Waals surface area contributed by atoms with E-state index in [9.17, 15) is 18.0 Å². The Morgan fingerprint density at radius 1 is 1.18 bits per heavy atom. The smallest absolute Gasteiger partial charge is 0.416 e. The van der Waals surface area contributed by atoms with Crippen LogP contribution in [0, 0.1) is 0 Å². The molecule has 0 spiro atoms. The van der Waals surface area contributed by atoms with Gasteiger partial charge in [-0.05, 0) is 51.8 Å². The number of nitrogens with zero attached hydrogens (tertiary/aromatic N) is 1. The molecule has 0 aliphatic rings. The minimum atomic E-state index is -4.41. The molecule has 0 unspecified atom stereocenters. The first kappa shape index (κ1) is 20.4. The van der Waals surface area contributed by atoms with Crippen LogP contribution in [-0.2, 0) is 12.6 Å². The van der Waals surface area contributed by atoms with Gasteiger partial charge in [-0.3, -0.25) is 4.79 Å². The van der Waals surface area contributed by atoms with Crippen molar-refractivity contribution >= 4 is 27.5 Å². The van der Waals surface area contributed by atoms with Crippen molar-refractivity contribution < 1.29 is 17.9 Å². The van der Waals surface area contributed by atoms with E-state index in [4.69, 9.17) is 16.3 Å². The number of methoxy groups -OCH3 is 1. The van der Waals surface area contributed by atoms with E-state index >= 15 is 0 Å². The van der Waals surface area contributed by atoms with Gasteiger partial charge in [0.15, 0.2) is 0 Å². The van der Waals surface area contributed by atoms with Gasteiger partial charge in [-0.2, -0.15) is 18.3 Å². The topological polar surface area (TPSA) is 55.0 Å². The van der Waals surface area contributed by atoms with Crippen LogP contribution < -0.4 is 10.3 Å². The number of rotatable bonds is 4. The molecule has 0 fully saturated rings. The standard InChI is InChI=1S/C19H13BrClF3N2O2/c1-28-15-7-6-12(21)9-13(15)16-14(25-26-18(27)17(16)20)8-10-2-4-11(5-3-10)19(22,23)24/h2-7,9H,8H2,1H3,(H,26,27). The van der Waals surface area contributed by atoms with Gasteiger partial charge in [0.05, 0.1) is 22.8 Å². The number of aromatic amines is 1. The number of ether oxygens (including phenoxy) is 1. The number of hydrogen-bond donors (Lipinski definition) is 1. The summed E-state index contributed by atoms with van der Waals surface area (Å²) in [4.78, 5) is 12.1. The normalized spacial score (nSPS) is 11.5. The van der Waals surface area contributed by atoms with E-state index in [1.54, 1.807) is 18.2 Å². The lowest BCUT2D eigenvalue weighted by atomic mass is 9.98. The lowest BCUT2D eigenvalue weighted by Gasteiger charge is -2.14. The second kappa shape index (κ2) is 7.97. The van der Waals surface area contributed by atoms with Crippen molar-refractivity contribution in [3.8, 4) is 16.9 Å². The van der Waals surface area contributed by atoms with Gasteiger partial charge in [-0.1, -0.05) is 23.7 Å². The average molecular weight is 474 g/mol. The Morgan fingerprint density at radius 3 is 2.46 bits per heavy atom. The van der Waals surface area contributed by atoms with E-state index in [1.165, 1.54) is 19.2 Å². The molecule has 0 atom stereocenters. The number of benzene rings is 2. The maximum Gasteiger partial charge on any atom is 0.416 e. The Labute approximate surface area is 171 Å². The maximum atomic E-state index is 12.8. The molecular formula is C19H13BrClF3N2O2. The average Bonchev–Trinajstić information content (AvgIpc) is 2.65. The molecule has 2 aromatic carbocycles. The van der Waals surface area contributed by atoms with Crippen LogP contribution in [0.5, 0.6) is 5.75 Å². The number of nitrogens with one attached hydrogen (secondary N) is 1. The van der Waals surface area contributed by atoms with E-state index in [0.29, 0.717) is 33.2 Å². The van der Waals surface area contributed by atoms with Gasteiger partial charge in [0.25, 0.3) is 5.56 Å². The van der Waals surface area contributed by atoms with Crippen LogP contribution in [-0.4, -0.2) is 17.3 Å². The molecule has 1 aromatic heterocycles. The highest BCUT2D eigenvalue weighted by Crippen LogP contribution is 2.38. The van der Waals surface area contributed by atoms with E-state index in [1.807, 2.05) is 0 Å². The molecule has 3 aromatic rings. The van der Waals surface area contributed by atoms with E-state index in [0.717, 1.165) is 12.1 Å². The summed E-state index contributed by atoms with van der Waals surface area (Å²) in [7, 11) is 1.48. The molecule has 28 heavy (non-hydrogen) atoms. The van der Waals surface area contributed by atoms with Gasteiger partial charge in [0, 0.05) is 22.6 Å². The lowest BCUT2D eigenvalue weighted by Crippen LogP contribution is -2.14. The fourth-order valence-electron chi connectivity index (χ4n) is 2.75. The minimum absolute atomic E-state index is 0.193. The third-order valence-corrected chi connectivity index (χ3v) is 5.08. The summed E-state index contributed by atoms with van der Waals surface area (Å²) in [5.41, 5.74) is 0.871. The Kier molecular flexibility index (Phi) is 5.81. The summed E-state index contributed by atoms with van der Waals surface area (Å²) in [6, 6.07) is 9.72. The van der Waals surface area contributed by atoms with Crippen molar-refractivity contribution in [3.63, 3.8) is 0 Å². The minimum Gasteiger partial charge on any atom is -0.496 e. The second-order valence-electron chi connectivity index (χ2n) is 5.90. The first-order chi connectivity index (χ1) is 13.2. The molecular weight excluding hydrogens is 461 g/mol.